The van der Waals surface area contributed by atoms with E-state index in [4.69, 9.17) is 4.74 Å². The van der Waals surface area contributed by atoms with Crippen molar-refractivity contribution in [3.05, 3.63) is 30.0 Å². The Bertz CT molecular complexity index is 878. The molecule has 1 aliphatic heterocycles. The Balaban J connectivity index is 1.15. The van der Waals surface area contributed by atoms with E-state index in [2.05, 4.69) is 22.6 Å². The number of likely N-dealkylation sites (tertiary alicyclic amines) is 1. The number of ether oxygens (including phenoxy) is 1. The van der Waals surface area contributed by atoms with Crippen LogP contribution >= 0.6 is 0 Å². The van der Waals surface area contributed by atoms with Gasteiger partial charge in [-0.1, -0.05) is 12.8 Å². The maximum Gasteiger partial charge on any atom is 0.229 e. The second-order valence-electron chi connectivity index (χ2n) is 8.93. The Morgan fingerprint density at radius 3 is 2.60 bits per heavy atom. The third-order valence-corrected chi connectivity index (χ3v) is 6.85. The summed E-state index contributed by atoms with van der Waals surface area (Å²) in [7, 11) is 1.69. The molecule has 30 heavy (non-hydrogen) atoms. The minimum atomic E-state index is -0.00135. The lowest BCUT2D eigenvalue weighted by molar-refractivity contribution is -0.153. The number of rotatable bonds is 9. The number of piperidine rings is 1. The normalized spacial score (nSPS) is 18.6. The van der Waals surface area contributed by atoms with Crippen molar-refractivity contribution in [3.8, 4) is 5.75 Å². The van der Waals surface area contributed by atoms with E-state index in [9.17, 15) is 9.59 Å². The average molecular weight is 412 g/mol. The maximum absolute atomic E-state index is 12.5. The molecule has 2 amide bonds. The molecule has 2 heterocycles. The highest BCUT2D eigenvalue weighted by Crippen LogP contribution is 2.46. The fourth-order valence-corrected chi connectivity index (χ4v) is 5.12. The molecule has 4 rings (SSSR count). The number of carbonyl (C=O) groups is 2. The van der Waals surface area contributed by atoms with E-state index >= 15 is 0 Å². The standard InChI is InChI=1S/C24H33N3O3/c1-30-19-6-7-21-20(14-19)18(17-26-21)8-12-25-11-4-5-13-27-22(28)15-24(16-23(27)29)9-2-3-10-24/h6-7,14,17,25-26H,2-5,8-13,15-16H2,1H3. The molecular weight excluding hydrogens is 378 g/mol. The number of imide groups is 1. The highest BCUT2D eigenvalue weighted by Gasteiger charge is 2.44. The quantitative estimate of drug-likeness (QED) is 0.486. The number of unbranched alkanes of at least 4 members (excludes halogenated alkanes) is 1. The largest absolute Gasteiger partial charge is 0.497 e. The van der Waals surface area contributed by atoms with Crippen LogP contribution in [-0.4, -0.2) is 48.4 Å². The fourth-order valence-electron chi connectivity index (χ4n) is 5.12. The minimum Gasteiger partial charge on any atom is -0.497 e. The lowest BCUT2D eigenvalue weighted by Gasteiger charge is -2.37. The molecule has 0 bridgehead atoms. The molecular formula is C24H33N3O3. The van der Waals surface area contributed by atoms with Crippen LogP contribution in [0.1, 0.15) is 56.9 Å². The molecule has 0 radical (unpaired) electrons. The molecule has 1 aromatic heterocycles. The Hall–Kier alpha value is -2.34. The topological polar surface area (TPSA) is 74.4 Å². The summed E-state index contributed by atoms with van der Waals surface area (Å²) >= 11 is 0. The van der Waals surface area contributed by atoms with Gasteiger partial charge in [0.1, 0.15) is 5.75 Å². The summed E-state index contributed by atoms with van der Waals surface area (Å²) in [5.41, 5.74) is 2.40. The van der Waals surface area contributed by atoms with E-state index in [0.717, 1.165) is 56.5 Å². The van der Waals surface area contributed by atoms with Gasteiger partial charge in [-0.05, 0) is 74.4 Å². The molecule has 1 saturated heterocycles. The SMILES string of the molecule is COc1ccc2[nH]cc(CCNCCCCN3C(=O)CC4(CCCC4)CC3=O)c2c1. The van der Waals surface area contributed by atoms with Crippen LogP contribution < -0.4 is 10.1 Å². The van der Waals surface area contributed by atoms with Gasteiger partial charge in [-0.15, -0.1) is 0 Å². The number of nitrogens with zero attached hydrogens (tertiary/aromatic N) is 1. The van der Waals surface area contributed by atoms with Gasteiger partial charge in [-0.3, -0.25) is 14.5 Å². The number of nitrogens with one attached hydrogen (secondary N) is 2. The van der Waals surface area contributed by atoms with Crippen LogP contribution in [0, 0.1) is 5.41 Å². The highest BCUT2D eigenvalue weighted by molar-refractivity contribution is 5.98. The lowest BCUT2D eigenvalue weighted by atomic mass is 9.76. The number of benzene rings is 1. The molecule has 2 aliphatic rings. The van der Waals surface area contributed by atoms with Crippen molar-refractivity contribution in [1.82, 2.24) is 15.2 Å². The van der Waals surface area contributed by atoms with Gasteiger partial charge in [0.25, 0.3) is 0 Å². The zero-order chi connectivity index (χ0) is 21.0. The van der Waals surface area contributed by atoms with Crippen molar-refractivity contribution < 1.29 is 14.3 Å². The Morgan fingerprint density at radius 1 is 1.10 bits per heavy atom. The van der Waals surface area contributed by atoms with Crippen LogP contribution in [0.3, 0.4) is 0 Å². The van der Waals surface area contributed by atoms with Crippen molar-refractivity contribution in [2.45, 2.75) is 57.8 Å². The number of hydrogen-bond acceptors (Lipinski definition) is 4. The molecule has 2 aromatic rings. The number of aromatic amines is 1. The molecule has 1 aromatic carbocycles. The van der Waals surface area contributed by atoms with Gasteiger partial charge in [0, 0.05) is 36.5 Å². The van der Waals surface area contributed by atoms with E-state index in [1.54, 1.807) is 7.11 Å². The zero-order valence-corrected chi connectivity index (χ0v) is 18.0. The summed E-state index contributed by atoms with van der Waals surface area (Å²) in [6, 6.07) is 6.08. The van der Waals surface area contributed by atoms with Crippen LogP contribution in [0.15, 0.2) is 24.4 Å². The van der Waals surface area contributed by atoms with Crippen LogP contribution in [-0.2, 0) is 16.0 Å². The number of aromatic nitrogens is 1. The molecule has 162 valence electrons. The molecule has 1 spiro atoms. The molecule has 1 saturated carbocycles. The van der Waals surface area contributed by atoms with Gasteiger partial charge >= 0.3 is 0 Å². The van der Waals surface area contributed by atoms with Gasteiger partial charge in [0.2, 0.25) is 11.8 Å². The first kappa shape index (κ1) is 20.9. The van der Waals surface area contributed by atoms with Gasteiger partial charge in [-0.25, -0.2) is 0 Å². The van der Waals surface area contributed by atoms with Crippen LogP contribution in [0.25, 0.3) is 10.9 Å². The summed E-state index contributed by atoms with van der Waals surface area (Å²) in [4.78, 5) is 29.8. The van der Waals surface area contributed by atoms with Gasteiger partial charge in [-0.2, -0.15) is 0 Å². The smallest absolute Gasteiger partial charge is 0.229 e. The van der Waals surface area contributed by atoms with E-state index in [-0.39, 0.29) is 17.2 Å². The third kappa shape index (κ3) is 4.53. The van der Waals surface area contributed by atoms with Crippen LogP contribution in [0.2, 0.25) is 0 Å². The fraction of sp³-hybridized carbons (Fsp3) is 0.583. The average Bonchev–Trinajstić information content (AvgIpc) is 3.35. The summed E-state index contributed by atoms with van der Waals surface area (Å²) in [6.07, 6.45) is 10.4. The summed E-state index contributed by atoms with van der Waals surface area (Å²) in [5.74, 6) is 0.976. The molecule has 2 N–H and O–H groups in total. The molecule has 2 fully saturated rings. The molecule has 0 atom stereocenters. The summed E-state index contributed by atoms with van der Waals surface area (Å²) in [6.45, 7) is 2.36. The van der Waals surface area contributed by atoms with E-state index in [1.807, 2.05) is 12.1 Å². The highest BCUT2D eigenvalue weighted by atomic mass is 16.5. The molecule has 6 heteroatoms. The number of hydrogen-bond donors (Lipinski definition) is 2. The van der Waals surface area contributed by atoms with Gasteiger partial charge < -0.3 is 15.0 Å². The van der Waals surface area contributed by atoms with Crippen molar-refractivity contribution in [1.29, 1.82) is 0 Å². The monoisotopic (exact) mass is 411 g/mol. The summed E-state index contributed by atoms with van der Waals surface area (Å²) < 4.78 is 5.33. The van der Waals surface area contributed by atoms with Crippen LogP contribution in [0.5, 0.6) is 5.75 Å². The maximum atomic E-state index is 12.5. The predicted octanol–water partition coefficient (Wildman–Crippen LogP) is 3.80. The number of carbonyl (C=O) groups excluding carboxylic acids is 2. The van der Waals surface area contributed by atoms with Gasteiger partial charge in [0.05, 0.1) is 7.11 Å². The number of fused-ring (bicyclic) bond motifs is 1. The second kappa shape index (κ2) is 9.21. The lowest BCUT2D eigenvalue weighted by Crippen LogP contribution is -2.47. The minimum absolute atomic E-state index is 0.00135. The van der Waals surface area contributed by atoms with Crippen molar-refractivity contribution in [3.63, 3.8) is 0 Å². The van der Waals surface area contributed by atoms with Crippen molar-refractivity contribution in [2.24, 2.45) is 5.41 Å². The van der Waals surface area contributed by atoms with E-state index < -0.39 is 0 Å². The second-order valence-corrected chi connectivity index (χ2v) is 8.93. The summed E-state index contributed by atoms with van der Waals surface area (Å²) in [5, 5.41) is 4.69. The number of methoxy groups -OCH3 is 1. The van der Waals surface area contributed by atoms with Crippen LogP contribution in [0.4, 0.5) is 0 Å². The van der Waals surface area contributed by atoms with E-state index in [1.165, 1.54) is 28.7 Å². The molecule has 0 unspecified atom stereocenters. The molecule has 1 aliphatic carbocycles. The molecule has 6 nitrogen and oxygen atoms in total. The first-order valence-corrected chi connectivity index (χ1v) is 11.3. The third-order valence-electron chi connectivity index (χ3n) is 6.85. The van der Waals surface area contributed by atoms with Crippen molar-refractivity contribution in [2.75, 3.05) is 26.7 Å². The first-order chi connectivity index (χ1) is 14.6. The number of H-pyrrole nitrogens is 1. The van der Waals surface area contributed by atoms with Crippen molar-refractivity contribution >= 4 is 22.7 Å². The first-order valence-electron chi connectivity index (χ1n) is 11.3. The Kier molecular flexibility index (Phi) is 6.42. The number of amides is 2. The Morgan fingerprint density at radius 2 is 1.87 bits per heavy atom. The zero-order valence-electron chi connectivity index (χ0n) is 18.0. The van der Waals surface area contributed by atoms with E-state index in [0.29, 0.717) is 19.4 Å². The Labute approximate surface area is 178 Å². The predicted molar refractivity (Wildman–Crippen MR) is 118 cm³/mol. The van der Waals surface area contributed by atoms with Gasteiger partial charge in [0.15, 0.2) is 0 Å².